The molecule has 8 heteroatoms. The number of amides is 3. The second kappa shape index (κ2) is 10.3. The number of urea groups is 1. The first kappa shape index (κ1) is 23.1. The highest BCUT2D eigenvalue weighted by Gasteiger charge is 2.31. The summed E-state index contributed by atoms with van der Waals surface area (Å²) in [6, 6.07) is 6.30. The molecule has 6 nitrogen and oxygen atoms in total. The molecule has 0 radical (unpaired) electrons. The van der Waals surface area contributed by atoms with Crippen LogP contribution in [-0.4, -0.2) is 52.9 Å². The molecule has 0 atom stereocenters. The lowest BCUT2D eigenvalue weighted by Gasteiger charge is -2.38. The zero-order valence-corrected chi connectivity index (χ0v) is 18.9. The molecule has 1 N–H and O–H groups in total. The maximum atomic E-state index is 13.4. The molecule has 1 aliphatic heterocycles. The maximum Gasteiger partial charge on any atom is 0.321 e. The highest BCUT2D eigenvalue weighted by molar-refractivity contribution is 5.89. The molecule has 0 bridgehead atoms. The van der Waals surface area contributed by atoms with E-state index >= 15 is 0 Å². The van der Waals surface area contributed by atoms with Crippen molar-refractivity contribution in [1.29, 1.82) is 0 Å². The number of aromatic nitrogens is 1. The van der Waals surface area contributed by atoms with Gasteiger partial charge in [-0.2, -0.15) is 0 Å². The molecule has 2 heterocycles. The van der Waals surface area contributed by atoms with Gasteiger partial charge in [-0.3, -0.25) is 9.78 Å². The van der Waals surface area contributed by atoms with Gasteiger partial charge in [0.25, 0.3) is 0 Å². The Hall–Kier alpha value is -3.03. The number of likely N-dealkylation sites (tertiary alicyclic amines) is 1. The number of hydrogen-bond acceptors (Lipinski definition) is 3. The van der Waals surface area contributed by atoms with Crippen LogP contribution in [0.2, 0.25) is 0 Å². The number of nitrogens with zero attached hydrogens (tertiary/aromatic N) is 3. The Kier molecular flexibility index (Phi) is 7.20. The molecule has 1 saturated carbocycles. The van der Waals surface area contributed by atoms with Gasteiger partial charge in [0.15, 0.2) is 0 Å². The van der Waals surface area contributed by atoms with Gasteiger partial charge in [-0.05, 0) is 49.9 Å². The lowest BCUT2D eigenvalue weighted by Crippen LogP contribution is -2.49. The Labute approximate surface area is 193 Å². The average Bonchev–Trinajstić information content (AvgIpc) is 2.83. The number of benzene rings is 1. The first-order valence-electron chi connectivity index (χ1n) is 11.7. The van der Waals surface area contributed by atoms with Crippen molar-refractivity contribution in [1.82, 2.24) is 14.8 Å². The molecule has 0 unspecified atom stereocenters. The third-order valence-electron chi connectivity index (χ3n) is 6.77. The van der Waals surface area contributed by atoms with Crippen molar-refractivity contribution in [2.75, 3.05) is 25.5 Å². The summed E-state index contributed by atoms with van der Waals surface area (Å²) < 4.78 is 26.9. The monoisotopic (exact) mass is 456 g/mol. The van der Waals surface area contributed by atoms with Crippen molar-refractivity contribution in [2.24, 2.45) is 5.92 Å². The third kappa shape index (κ3) is 5.67. The summed E-state index contributed by atoms with van der Waals surface area (Å²) >= 11 is 0. The van der Waals surface area contributed by atoms with Crippen LogP contribution >= 0.6 is 0 Å². The van der Waals surface area contributed by atoms with Crippen LogP contribution in [0.25, 0.3) is 11.3 Å². The lowest BCUT2D eigenvalue weighted by molar-refractivity contribution is -0.137. The predicted molar refractivity (Wildman–Crippen MR) is 123 cm³/mol. The first-order chi connectivity index (χ1) is 15.9. The van der Waals surface area contributed by atoms with Gasteiger partial charge < -0.3 is 15.1 Å². The Morgan fingerprint density at radius 1 is 1.00 bits per heavy atom. The number of carbonyl (C=O) groups is 2. The molecular weight excluding hydrogens is 426 g/mol. The number of pyridine rings is 1. The maximum absolute atomic E-state index is 13.4. The van der Waals surface area contributed by atoms with Crippen LogP contribution in [0.4, 0.5) is 19.3 Å². The second-order valence-electron chi connectivity index (χ2n) is 9.02. The van der Waals surface area contributed by atoms with Gasteiger partial charge in [-0.25, -0.2) is 13.6 Å². The van der Waals surface area contributed by atoms with E-state index in [0.717, 1.165) is 44.6 Å². The SMILES string of the molecule is CN(C(=O)Nc1ccc(-c2cc(F)cc(F)c2)nc1)C1CCN(C(=O)C2CCCCC2)CC1. The number of halogens is 2. The zero-order chi connectivity index (χ0) is 23.4. The van der Waals surface area contributed by atoms with Gasteiger partial charge in [0, 0.05) is 43.7 Å². The summed E-state index contributed by atoms with van der Waals surface area (Å²) in [5, 5.41) is 2.82. The summed E-state index contributed by atoms with van der Waals surface area (Å²) in [4.78, 5) is 33.3. The van der Waals surface area contributed by atoms with Crippen LogP contribution in [0.1, 0.15) is 44.9 Å². The first-order valence-corrected chi connectivity index (χ1v) is 11.7. The Morgan fingerprint density at radius 3 is 2.27 bits per heavy atom. The number of hydrogen-bond donors (Lipinski definition) is 1. The Morgan fingerprint density at radius 2 is 1.67 bits per heavy atom. The molecule has 3 amide bonds. The minimum atomic E-state index is -0.669. The highest BCUT2D eigenvalue weighted by atomic mass is 19.1. The normalized spacial score (nSPS) is 17.6. The van der Waals surface area contributed by atoms with E-state index in [9.17, 15) is 18.4 Å². The fourth-order valence-corrected chi connectivity index (χ4v) is 4.80. The fraction of sp³-hybridized carbons (Fsp3) is 0.480. The molecule has 2 aromatic rings. The summed E-state index contributed by atoms with van der Waals surface area (Å²) in [5.41, 5.74) is 1.24. The van der Waals surface area contributed by atoms with E-state index in [0.29, 0.717) is 30.0 Å². The summed E-state index contributed by atoms with van der Waals surface area (Å²) in [5.74, 6) is -0.880. The zero-order valence-electron chi connectivity index (χ0n) is 18.9. The van der Waals surface area contributed by atoms with Crippen LogP contribution in [0, 0.1) is 17.6 Å². The quantitative estimate of drug-likeness (QED) is 0.699. The number of piperidine rings is 1. The molecule has 0 spiro atoms. The standard InChI is InChI=1S/C25H30F2N4O2/c1-30(22-9-11-31(12-10-22)24(32)17-5-3-2-4-6-17)25(33)29-21-7-8-23(28-16-21)18-13-19(26)15-20(27)14-18/h7-8,13-17,22H,2-6,9-12H2,1H3,(H,29,33). The molecule has 176 valence electrons. The fourth-order valence-electron chi connectivity index (χ4n) is 4.80. The minimum Gasteiger partial charge on any atom is -0.342 e. The van der Waals surface area contributed by atoms with Gasteiger partial charge in [-0.15, -0.1) is 0 Å². The van der Waals surface area contributed by atoms with E-state index in [1.54, 1.807) is 24.1 Å². The van der Waals surface area contributed by atoms with Crippen LogP contribution < -0.4 is 5.32 Å². The van der Waals surface area contributed by atoms with E-state index in [-0.39, 0.29) is 23.9 Å². The number of carbonyl (C=O) groups excluding carboxylic acids is 2. The van der Waals surface area contributed by atoms with Crippen molar-refractivity contribution in [3.63, 3.8) is 0 Å². The molecule has 1 saturated heterocycles. The van der Waals surface area contributed by atoms with Crippen molar-refractivity contribution in [3.05, 3.63) is 48.2 Å². The van der Waals surface area contributed by atoms with Gasteiger partial charge in [0.2, 0.25) is 5.91 Å². The molecule has 33 heavy (non-hydrogen) atoms. The summed E-state index contributed by atoms with van der Waals surface area (Å²) in [6.45, 7) is 1.36. The second-order valence-corrected chi connectivity index (χ2v) is 9.02. The van der Waals surface area contributed by atoms with E-state index in [2.05, 4.69) is 10.3 Å². The van der Waals surface area contributed by atoms with Gasteiger partial charge in [0.05, 0.1) is 17.6 Å². The van der Waals surface area contributed by atoms with Crippen LogP contribution in [0.5, 0.6) is 0 Å². The molecule has 2 fully saturated rings. The molecule has 1 aromatic heterocycles. The van der Waals surface area contributed by atoms with Crippen LogP contribution in [0.3, 0.4) is 0 Å². The largest absolute Gasteiger partial charge is 0.342 e. The topological polar surface area (TPSA) is 65.5 Å². The predicted octanol–water partition coefficient (Wildman–Crippen LogP) is 5.06. The van der Waals surface area contributed by atoms with E-state index in [4.69, 9.17) is 0 Å². The molecule has 2 aliphatic rings. The third-order valence-corrected chi connectivity index (χ3v) is 6.77. The minimum absolute atomic E-state index is 0.0582. The van der Waals surface area contributed by atoms with Gasteiger partial charge in [-0.1, -0.05) is 19.3 Å². The summed E-state index contributed by atoms with van der Waals surface area (Å²) in [6.07, 6.45) is 8.50. The number of anilines is 1. The van der Waals surface area contributed by atoms with E-state index < -0.39 is 11.6 Å². The smallest absolute Gasteiger partial charge is 0.321 e. The van der Waals surface area contributed by atoms with Crippen molar-refractivity contribution in [2.45, 2.75) is 51.0 Å². The van der Waals surface area contributed by atoms with Gasteiger partial charge >= 0.3 is 6.03 Å². The van der Waals surface area contributed by atoms with Gasteiger partial charge in [0.1, 0.15) is 11.6 Å². The van der Waals surface area contributed by atoms with E-state index in [1.807, 2.05) is 4.90 Å². The van der Waals surface area contributed by atoms with Crippen molar-refractivity contribution < 1.29 is 18.4 Å². The Balaban J connectivity index is 1.29. The summed E-state index contributed by atoms with van der Waals surface area (Å²) in [7, 11) is 1.76. The average molecular weight is 457 g/mol. The number of nitrogens with one attached hydrogen (secondary N) is 1. The van der Waals surface area contributed by atoms with Crippen LogP contribution in [0.15, 0.2) is 36.5 Å². The number of rotatable bonds is 4. The molecule has 4 rings (SSSR count). The van der Waals surface area contributed by atoms with E-state index in [1.165, 1.54) is 24.8 Å². The van der Waals surface area contributed by atoms with Crippen molar-refractivity contribution in [3.8, 4) is 11.3 Å². The Bertz CT molecular complexity index is 964. The molecule has 1 aromatic carbocycles. The molecular formula is C25H30F2N4O2. The van der Waals surface area contributed by atoms with Crippen molar-refractivity contribution >= 4 is 17.6 Å². The molecule has 1 aliphatic carbocycles. The van der Waals surface area contributed by atoms with Crippen LogP contribution in [-0.2, 0) is 4.79 Å². The lowest BCUT2D eigenvalue weighted by atomic mass is 9.87. The highest BCUT2D eigenvalue weighted by Crippen LogP contribution is 2.27.